The van der Waals surface area contributed by atoms with E-state index in [9.17, 15) is 26.4 Å². The maximum atomic E-state index is 12.4. The molecule has 0 aliphatic carbocycles. The first-order valence-electron chi connectivity index (χ1n) is 10.6. The zero-order valence-electron chi connectivity index (χ0n) is 19.8. The molecule has 0 aliphatic rings. The van der Waals surface area contributed by atoms with Gasteiger partial charge in [-0.2, -0.15) is 0 Å². The molecule has 0 aliphatic heterocycles. The SMILES string of the molecule is Cc1ccc(S(=O)(=O)NC(=O)Nc2nc(-c3csc(NC(=O)NS(=O)(=O)c4ccc(C)cc4)n3)cs2)cc1. The van der Waals surface area contributed by atoms with Gasteiger partial charge in [0.2, 0.25) is 0 Å². The summed E-state index contributed by atoms with van der Waals surface area (Å²) in [6.45, 7) is 3.62. The van der Waals surface area contributed by atoms with E-state index in [1.54, 1.807) is 35.0 Å². The molecule has 12 nitrogen and oxygen atoms in total. The van der Waals surface area contributed by atoms with E-state index in [4.69, 9.17) is 0 Å². The van der Waals surface area contributed by atoms with Gasteiger partial charge < -0.3 is 0 Å². The molecule has 0 atom stereocenters. The number of urea groups is 2. The molecule has 2 heterocycles. The third-order valence-corrected chi connectivity index (χ3v) is 9.04. The number of carbonyl (C=O) groups is 2. The lowest BCUT2D eigenvalue weighted by molar-refractivity contribution is 0.255. The molecule has 0 bridgehead atoms. The Morgan fingerprint density at radius 2 is 0.974 bits per heavy atom. The molecule has 2 aromatic carbocycles. The normalized spacial score (nSPS) is 11.5. The van der Waals surface area contributed by atoms with Crippen molar-refractivity contribution < 1.29 is 26.4 Å². The summed E-state index contributed by atoms with van der Waals surface area (Å²) in [5, 5.41) is 8.09. The first-order valence-corrected chi connectivity index (χ1v) is 15.4. The molecule has 198 valence electrons. The van der Waals surface area contributed by atoms with Crippen LogP contribution in [0.5, 0.6) is 0 Å². The van der Waals surface area contributed by atoms with Crippen molar-refractivity contribution in [3.63, 3.8) is 0 Å². The van der Waals surface area contributed by atoms with E-state index in [2.05, 4.69) is 20.6 Å². The second-order valence-corrected chi connectivity index (χ2v) is 12.9. The minimum atomic E-state index is -4.07. The number of rotatable bonds is 7. The van der Waals surface area contributed by atoms with Gasteiger partial charge in [-0.3, -0.25) is 10.6 Å². The van der Waals surface area contributed by atoms with Gasteiger partial charge in [-0.25, -0.2) is 45.8 Å². The average Bonchev–Trinajstić information content (AvgIpc) is 3.48. The molecule has 0 spiro atoms. The topological polar surface area (TPSA) is 176 Å². The molecule has 0 unspecified atom stereocenters. The Bertz CT molecular complexity index is 1570. The van der Waals surface area contributed by atoms with Gasteiger partial charge in [0.05, 0.1) is 9.79 Å². The molecule has 0 fully saturated rings. The number of anilines is 2. The van der Waals surface area contributed by atoms with Crippen LogP contribution in [0.1, 0.15) is 11.1 Å². The molecule has 4 aromatic rings. The molecule has 0 radical (unpaired) electrons. The Hall–Kier alpha value is -3.86. The molecule has 16 heteroatoms. The van der Waals surface area contributed by atoms with Crippen molar-refractivity contribution in [2.45, 2.75) is 23.6 Å². The Kier molecular flexibility index (Phi) is 7.77. The highest BCUT2D eigenvalue weighted by Gasteiger charge is 2.20. The Morgan fingerprint density at radius 1 is 0.632 bits per heavy atom. The van der Waals surface area contributed by atoms with Crippen molar-refractivity contribution >= 4 is 65.0 Å². The lowest BCUT2D eigenvalue weighted by atomic mass is 10.2. The fraction of sp³-hybridized carbons (Fsp3) is 0.0909. The molecule has 0 saturated carbocycles. The molecular weight excluding hydrogens is 573 g/mol. The number of thiazole rings is 2. The monoisotopic (exact) mass is 592 g/mol. The zero-order chi connectivity index (χ0) is 27.5. The average molecular weight is 593 g/mol. The van der Waals surface area contributed by atoms with Crippen LogP contribution in [0.2, 0.25) is 0 Å². The summed E-state index contributed by atoms with van der Waals surface area (Å²) >= 11 is 2.07. The fourth-order valence-corrected chi connectivity index (χ4v) is 6.15. The minimum Gasteiger partial charge on any atom is -0.283 e. The van der Waals surface area contributed by atoms with E-state index in [0.29, 0.717) is 11.4 Å². The number of carbonyl (C=O) groups excluding carboxylic acids is 2. The summed E-state index contributed by atoms with van der Waals surface area (Å²) in [5.74, 6) is 0. The number of nitrogens with one attached hydrogen (secondary N) is 4. The molecule has 4 amide bonds. The van der Waals surface area contributed by atoms with Crippen LogP contribution in [0, 0.1) is 13.8 Å². The summed E-state index contributed by atoms with van der Waals surface area (Å²) in [6, 6.07) is 10.0. The van der Waals surface area contributed by atoms with Crippen LogP contribution in [0.3, 0.4) is 0 Å². The molecule has 0 saturated heterocycles. The molecule has 4 N–H and O–H groups in total. The maximum absolute atomic E-state index is 12.4. The Morgan fingerprint density at radius 3 is 1.32 bits per heavy atom. The second kappa shape index (κ2) is 10.9. The van der Waals surface area contributed by atoms with E-state index >= 15 is 0 Å². The van der Waals surface area contributed by atoms with Crippen LogP contribution in [0.15, 0.2) is 69.1 Å². The third kappa shape index (κ3) is 6.71. The Labute approximate surface area is 226 Å². The van der Waals surface area contributed by atoms with Crippen LogP contribution >= 0.6 is 22.7 Å². The van der Waals surface area contributed by atoms with Crippen molar-refractivity contribution in [2.75, 3.05) is 10.6 Å². The number of hydrogen-bond acceptors (Lipinski definition) is 10. The number of aromatic nitrogens is 2. The van der Waals surface area contributed by atoms with Gasteiger partial charge in [0, 0.05) is 10.8 Å². The Balaban J connectivity index is 1.35. The smallest absolute Gasteiger partial charge is 0.283 e. The molecule has 2 aromatic heterocycles. The summed E-state index contributed by atoms with van der Waals surface area (Å²) in [5.41, 5.74) is 2.45. The largest absolute Gasteiger partial charge is 0.334 e. The quantitative estimate of drug-likeness (QED) is 0.250. The lowest BCUT2D eigenvalue weighted by Gasteiger charge is -2.07. The zero-order valence-corrected chi connectivity index (χ0v) is 23.0. The maximum Gasteiger partial charge on any atom is 0.334 e. The van der Waals surface area contributed by atoms with E-state index in [1.165, 1.54) is 24.3 Å². The van der Waals surface area contributed by atoms with Crippen molar-refractivity contribution in [2.24, 2.45) is 0 Å². The van der Waals surface area contributed by atoms with Crippen LogP contribution < -0.4 is 20.1 Å². The third-order valence-electron chi connectivity index (χ3n) is 4.83. The second-order valence-electron chi connectivity index (χ2n) is 7.82. The van der Waals surface area contributed by atoms with E-state index in [-0.39, 0.29) is 20.1 Å². The van der Waals surface area contributed by atoms with Gasteiger partial charge in [0.1, 0.15) is 11.4 Å². The number of sulfonamides is 2. The summed E-state index contributed by atoms with van der Waals surface area (Å²) < 4.78 is 53.3. The highest BCUT2D eigenvalue weighted by atomic mass is 32.2. The standard InChI is InChI=1S/C22H20N6O6S4/c1-13-3-7-15(8-4-13)37(31,32)27-19(29)25-21-23-17(11-35-21)18-12-36-22(24-18)26-20(30)28-38(33,34)16-9-5-14(2)6-10-16/h3-12H,1-2H3,(H2,23,25,27,29)(H2,24,26,28,30). The predicted molar refractivity (Wildman–Crippen MR) is 144 cm³/mol. The number of hydrogen-bond donors (Lipinski definition) is 4. The fourth-order valence-electron chi connectivity index (χ4n) is 2.94. The molecular formula is C22H20N6O6S4. The number of nitrogens with zero attached hydrogens (tertiary/aromatic N) is 2. The van der Waals surface area contributed by atoms with Crippen molar-refractivity contribution in [1.82, 2.24) is 19.4 Å². The van der Waals surface area contributed by atoms with E-state index in [1.807, 2.05) is 23.3 Å². The lowest BCUT2D eigenvalue weighted by Crippen LogP contribution is -2.34. The van der Waals surface area contributed by atoms with Gasteiger partial charge >= 0.3 is 12.1 Å². The van der Waals surface area contributed by atoms with Gasteiger partial charge in [-0.05, 0) is 38.1 Å². The molecule has 4 rings (SSSR count). The summed E-state index contributed by atoms with van der Waals surface area (Å²) in [4.78, 5) is 32.7. The first kappa shape index (κ1) is 27.2. The van der Waals surface area contributed by atoms with E-state index in [0.717, 1.165) is 33.8 Å². The van der Waals surface area contributed by atoms with Crippen LogP contribution in [-0.4, -0.2) is 38.9 Å². The number of amides is 4. The van der Waals surface area contributed by atoms with Crippen molar-refractivity contribution in [3.05, 3.63) is 70.4 Å². The van der Waals surface area contributed by atoms with E-state index < -0.39 is 32.1 Å². The molecule has 38 heavy (non-hydrogen) atoms. The summed E-state index contributed by atoms with van der Waals surface area (Å²) in [7, 11) is -8.14. The summed E-state index contributed by atoms with van der Waals surface area (Å²) in [6.07, 6.45) is 0. The van der Waals surface area contributed by atoms with Crippen LogP contribution in [0.4, 0.5) is 19.9 Å². The number of benzene rings is 2. The van der Waals surface area contributed by atoms with Gasteiger partial charge in [-0.15, -0.1) is 22.7 Å². The predicted octanol–water partition coefficient (Wildman–Crippen LogP) is 3.90. The van der Waals surface area contributed by atoms with Crippen LogP contribution in [-0.2, 0) is 20.0 Å². The number of aryl methyl sites for hydroxylation is 2. The minimum absolute atomic E-state index is 0.0590. The van der Waals surface area contributed by atoms with Crippen molar-refractivity contribution in [3.8, 4) is 11.4 Å². The van der Waals surface area contributed by atoms with Gasteiger partial charge in [0.15, 0.2) is 10.3 Å². The van der Waals surface area contributed by atoms with Gasteiger partial charge in [-0.1, -0.05) is 35.4 Å². The highest BCUT2D eigenvalue weighted by molar-refractivity contribution is 7.90. The van der Waals surface area contributed by atoms with Crippen LogP contribution in [0.25, 0.3) is 11.4 Å². The first-order chi connectivity index (χ1) is 17.9. The van der Waals surface area contributed by atoms with Crippen molar-refractivity contribution in [1.29, 1.82) is 0 Å². The van der Waals surface area contributed by atoms with Gasteiger partial charge in [0.25, 0.3) is 20.0 Å². The highest BCUT2D eigenvalue weighted by Crippen LogP contribution is 2.28.